The second-order valence-electron chi connectivity index (χ2n) is 5.60. The Morgan fingerprint density at radius 3 is 2.73 bits per heavy atom. The average Bonchev–Trinajstić information content (AvgIpc) is 2.67. The molecule has 0 aliphatic rings. The quantitative estimate of drug-likeness (QED) is 0.454. The van der Waals surface area contributed by atoms with E-state index in [9.17, 15) is 4.79 Å². The predicted octanol–water partition coefficient (Wildman–Crippen LogP) is 3.91. The maximum Gasteiger partial charge on any atom is 0.232 e. The van der Waals surface area contributed by atoms with E-state index < -0.39 is 0 Å². The highest BCUT2D eigenvalue weighted by atomic mass is 35.5. The van der Waals surface area contributed by atoms with Gasteiger partial charge in [0.25, 0.3) is 0 Å². The number of carbonyl (C=O) groups excluding carboxylic acids is 1. The molecule has 0 bridgehead atoms. The molecule has 1 amide bonds. The van der Waals surface area contributed by atoms with Gasteiger partial charge in [0.1, 0.15) is 23.7 Å². The Bertz CT molecular complexity index is 884. The van der Waals surface area contributed by atoms with Crippen LogP contribution in [0.1, 0.15) is 0 Å². The number of hydrogen-bond donors (Lipinski definition) is 0. The predicted molar refractivity (Wildman–Crippen MR) is 105 cm³/mol. The van der Waals surface area contributed by atoms with Gasteiger partial charge >= 0.3 is 0 Å². The number of hydrogen-bond acceptors (Lipinski definition) is 5. The van der Waals surface area contributed by atoms with Gasteiger partial charge in [-0.3, -0.25) is 4.79 Å². The molecule has 3 rings (SSSR count). The van der Waals surface area contributed by atoms with Crippen molar-refractivity contribution in [3.05, 3.63) is 59.9 Å². The number of ether oxygens (including phenoxy) is 1. The van der Waals surface area contributed by atoms with Crippen LogP contribution in [0.4, 0.5) is 0 Å². The van der Waals surface area contributed by atoms with Crippen molar-refractivity contribution in [1.82, 2.24) is 14.9 Å². The second-order valence-corrected chi connectivity index (χ2v) is 7.00. The Morgan fingerprint density at radius 2 is 1.92 bits per heavy atom. The smallest absolute Gasteiger partial charge is 0.232 e. The number of nitrogens with zero attached hydrogens (tertiary/aromatic N) is 3. The van der Waals surface area contributed by atoms with Crippen molar-refractivity contribution in [2.24, 2.45) is 0 Å². The summed E-state index contributed by atoms with van der Waals surface area (Å²) in [7, 11) is 1.77. The molecule has 1 aromatic heterocycles. The first kappa shape index (κ1) is 18.5. The molecule has 0 aliphatic carbocycles. The molecule has 5 nitrogen and oxygen atoms in total. The van der Waals surface area contributed by atoms with Crippen molar-refractivity contribution in [3.63, 3.8) is 0 Å². The summed E-state index contributed by atoms with van der Waals surface area (Å²) >= 11 is 7.26. The van der Waals surface area contributed by atoms with Gasteiger partial charge in [-0.15, -0.1) is 0 Å². The summed E-state index contributed by atoms with van der Waals surface area (Å²) in [5.41, 5.74) is 0.877. The standard InChI is InChI=1S/C19H18ClN3O2S/c1-23(10-11-25-15-8-6-14(20)7-9-15)18(24)12-26-19-16-4-2-3-5-17(16)21-13-22-19/h2-9,13H,10-12H2,1H3. The molecule has 0 unspecified atom stereocenters. The molecule has 0 N–H and O–H groups in total. The van der Waals surface area contributed by atoms with E-state index in [1.807, 2.05) is 24.3 Å². The van der Waals surface area contributed by atoms with E-state index >= 15 is 0 Å². The Kier molecular flexibility index (Phi) is 6.30. The van der Waals surface area contributed by atoms with E-state index in [4.69, 9.17) is 16.3 Å². The number of thioether (sulfide) groups is 1. The van der Waals surface area contributed by atoms with Gasteiger partial charge in [0.15, 0.2) is 0 Å². The molecule has 0 saturated carbocycles. The number of likely N-dealkylation sites (N-methyl/N-ethyl adjacent to an activating group) is 1. The maximum absolute atomic E-state index is 12.3. The molecule has 0 spiro atoms. The van der Waals surface area contributed by atoms with Gasteiger partial charge in [-0.1, -0.05) is 41.6 Å². The van der Waals surface area contributed by atoms with E-state index in [0.717, 1.165) is 21.7 Å². The van der Waals surface area contributed by atoms with Crippen molar-refractivity contribution in [2.75, 3.05) is 26.0 Å². The van der Waals surface area contributed by atoms with E-state index in [1.165, 1.54) is 18.1 Å². The molecule has 0 saturated heterocycles. The van der Waals surface area contributed by atoms with Gasteiger partial charge in [-0.2, -0.15) is 0 Å². The zero-order chi connectivity index (χ0) is 18.4. The Hall–Kier alpha value is -2.31. The monoisotopic (exact) mass is 387 g/mol. The Balaban J connectivity index is 1.48. The summed E-state index contributed by atoms with van der Waals surface area (Å²) < 4.78 is 5.62. The number of fused-ring (bicyclic) bond motifs is 1. The van der Waals surface area contributed by atoms with Crippen LogP contribution in [0, 0.1) is 0 Å². The summed E-state index contributed by atoms with van der Waals surface area (Å²) in [4.78, 5) is 22.5. The van der Waals surface area contributed by atoms with Crippen LogP contribution in [0.3, 0.4) is 0 Å². The molecule has 26 heavy (non-hydrogen) atoms. The number of benzene rings is 2. The molecule has 7 heteroatoms. The van der Waals surface area contributed by atoms with Gasteiger partial charge in [-0.25, -0.2) is 9.97 Å². The highest BCUT2D eigenvalue weighted by molar-refractivity contribution is 8.00. The van der Waals surface area contributed by atoms with Gasteiger partial charge in [0, 0.05) is 17.5 Å². The number of amides is 1. The zero-order valence-electron chi connectivity index (χ0n) is 14.3. The molecular formula is C19H18ClN3O2S. The third-order valence-corrected chi connectivity index (χ3v) is 5.02. The lowest BCUT2D eigenvalue weighted by molar-refractivity contribution is -0.127. The van der Waals surface area contributed by atoms with Crippen LogP contribution in [-0.4, -0.2) is 46.7 Å². The fourth-order valence-electron chi connectivity index (χ4n) is 2.29. The minimum atomic E-state index is 0.0254. The molecule has 134 valence electrons. The van der Waals surface area contributed by atoms with Gasteiger partial charge in [0.2, 0.25) is 5.91 Å². The second kappa shape index (κ2) is 8.87. The van der Waals surface area contributed by atoms with Crippen molar-refractivity contribution < 1.29 is 9.53 Å². The minimum Gasteiger partial charge on any atom is -0.492 e. The average molecular weight is 388 g/mol. The van der Waals surface area contributed by atoms with Crippen molar-refractivity contribution >= 4 is 40.2 Å². The molecule has 3 aromatic rings. The summed E-state index contributed by atoms with van der Waals surface area (Å²) in [6.45, 7) is 0.928. The minimum absolute atomic E-state index is 0.0254. The summed E-state index contributed by atoms with van der Waals surface area (Å²) in [5, 5.41) is 2.44. The molecule has 0 fully saturated rings. The molecule has 0 radical (unpaired) electrons. The number of halogens is 1. The normalized spacial score (nSPS) is 10.7. The van der Waals surface area contributed by atoms with E-state index in [-0.39, 0.29) is 5.91 Å². The van der Waals surface area contributed by atoms with Crippen molar-refractivity contribution in [1.29, 1.82) is 0 Å². The van der Waals surface area contributed by atoms with Gasteiger partial charge in [0.05, 0.1) is 17.8 Å². The summed E-state index contributed by atoms with van der Waals surface area (Å²) in [6, 6.07) is 14.9. The fraction of sp³-hybridized carbons (Fsp3) is 0.211. The first-order valence-corrected chi connectivity index (χ1v) is 9.45. The maximum atomic E-state index is 12.3. The highest BCUT2D eigenvalue weighted by Gasteiger charge is 2.11. The first-order chi connectivity index (χ1) is 12.6. The van der Waals surface area contributed by atoms with E-state index in [2.05, 4.69) is 9.97 Å². The van der Waals surface area contributed by atoms with Crippen LogP contribution in [-0.2, 0) is 4.79 Å². The SMILES string of the molecule is CN(CCOc1ccc(Cl)cc1)C(=O)CSc1ncnc2ccccc12. The third-order valence-electron chi connectivity index (χ3n) is 3.77. The topological polar surface area (TPSA) is 55.3 Å². The molecule has 1 heterocycles. The fourth-order valence-corrected chi connectivity index (χ4v) is 3.35. The van der Waals surface area contributed by atoms with E-state index in [1.54, 1.807) is 36.2 Å². The van der Waals surface area contributed by atoms with Crippen LogP contribution < -0.4 is 4.74 Å². The lowest BCUT2D eigenvalue weighted by Gasteiger charge is -2.17. The molecule has 0 aliphatic heterocycles. The van der Waals surface area contributed by atoms with E-state index in [0.29, 0.717) is 23.9 Å². The number of carbonyl (C=O) groups is 1. The van der Waals surface area contributed by atoms with Crippen LogP contribution >= 0.6 is 23.4 Å². The third kappa shape index (κ3) is 4.86. The zero-order valence-corrected chi connectivity index (χ0v) is 15.8. The van der Waals surface area contributed by atoms with Crippen LogP contribution in [0.2, 0.25) is 5.02 Å². The first-order valence-electron chi connectivity index (χ1n) is 8.08. The van der Waals surface area contributed by atoms with Gasteiger partial charge < -0.3 is 9.64 Å². The van der Waals surface area contributed by atoms with Crippen LogP contribution in [0.5, 0.6) is 5.75 Å². The Labute approximate surface area is 161 Å². The number of para-hydroxylation sites is 1. The summed E-state index contributed by atoms with van der Waals surface area (Å²) in [5.74, 6) is 1.08. The molecular weight excluding hydrogens is 370 g/mol. The number of rotatable bonds is 7. The molecule has 0 atom stereocenters. The lowest BCUT2D eigenvalue weighted by atomic mass is 10.2. The van der Waals surface area contributed by atoms with Crippen molar-refractivity contribution in [2.45, 2.75) is 5.03 Å². The lowest BCUT2D eigenvalue weighted by Crippen LogP contribution is -2.32. The van der Waals surface area contributed by atoms with Gasteiger partial charge in [-0.05, 0) is 30.3 Å². The largest absolute Gasteiger partial charge is 0.492 e. The van der Waals surface area contributed by atoms with Crippen molar-refractivity contribution in [3.8, 4) is 5.75 Å². The Morgan fingerprint density at radius 1 is 1.15 bits per heavy atom. The van der Waals surface area contributed by atoms with Crippen LogP contribution in [0.25, 0.3) is 10.9 Å². The molecule has 2 aromatic carbocycles. The summed E-state index contributed by atoms with van der Waals surface area (Å²) in [6.07, 6.45) is 1.53. The highest BCUT2D eigenvalue weighted by Crippen LogP contribution is 2.24. The van der Waals surface area contributed by atoms with Crippen LogP contribution in [0.15, 0.2) is 59.9 Å². The number of aromatic nitrogens is 2.